The molecule has 0 saturated carbocycles. The molecule has 1 saturated heterocycles. The van der Waals surface area contributed by atoms with Crippen molar-refractivity contribution in [3.05, 3.63) is 35.1 Å². The average Bonchev–Trinajstić information content (AvgIpc) is 2.44. The summed E-state index contributed by atoms with van der Waals surface area (Å²) in [4.78, 5) is 1.91. The number of piperazine rings is 1. The number of nitrogens with zero attached hydrogens (tertiary/aromatic N) is 2. The molecular formula is C14H15F4N3. The Kier molecular flexibility index (Phi) is 4.80. The van der Waals surface area contributed by atoms with E-state index in [-0.39, 0.29) is 12.0 Å². The van der Waals surface area contributed by atoms with Crippen LogP contribution < -0.4 is 5.32 Å². The lowest BCUT2D eigenvalue weighted by molar-refractivity contribution is -0.137. The third-order valence-corrected chi connectivity index (χ3v) is 3.51. The SMILES string of the molecule is N#CC[C@@H](c1cc(F)cc(C(F)(F)F)c1)N1CCNCC1. The van der Waals surface area contributed by atoms with Crippen LogP contribution in [0.3, 0.4) is 0 Å². The van der Waals surface area contributed by atoms with E-state index in [0.717, 1.165) is 12.1 Å². The van der Waals surface area contributed by atoms with Crippen LogP contribution in [0.1, 0.15) is 23.6 Å². The van der Waals surface area contributed by atoms with Gasteiger partial charge in [-0.05, 0) is 23.8 Å². The first-order valence-electron chi connectivity index (χ1n) is 6.61. The third kappa shape index (κ3) is 3.93. The van der Waals surface area contributed by atoms with Crippen molar-refractivity contribution in [1.82, 2.24) is 10.2 Å². The number of halogens is 4. The highest BCUT2D eigenvalue weighted by Gasteiger charge is 2.33. The fraction of sp³-hybridized carbons (Fsp3) is 0.500. The molecule has 2 rings (SSSR count). The number of nitriles is 1. The van der Waals surface area contributed by atoms with E-state index in [4.69, 9.17) is 5.26 Å². The molecule has 0 aliphatic carbocycles. The minimum atomic E-state index is -4.60. The molecule has 3 nitrogen and oxygen atoms in total. The molecule has 114 valence electrons. The Bertz CT molecular complexity index is 530. The Balaban J connectivity index is 2.35. The van der Waals surface area contributed by atoms with Crippen molar-refractivity contribution in [1.29, 1.82) is 5.26 Å². The predicted molar refractivity (Wildman–Crippen MR) is 68.8 cm³/mol. The molecule has 1 atom stereocenters. The highest BCUT2D eigenvalue weighted by Crippen LogP contribution is 2.33. The quantitative estimate of drug-likeness (QED) is 0.873. The van der Waals surface area contributed by atoms with Crippen molar-refractivity contribution in [3.8, 4) is 6.07 Å². The van der Waals surface area contributed by atoms with Crippen LogP contribution in [0, 0.1) is 17.1 Å². The molecular weight excluding hydrogens is 286 g/mol. The van der Waals surface area contributed by atoms with Gasteiger partial charge in [0.05, 0.1) is 18.1 Å². The molecule has 0 unspecified atom stereocenters. The van der Waals surface area contributed by atoms with E-state index in [9.17, 15) is 17.6 Å². The molecule has 21 heavy (non-hydrogen) atoms. The minimum absolute atomic E-state index is 0.0285. The number of alkyl halides is 3. The fourth-order valence-electron chi connectivity index (χ4n) is 2.51. The Labute approximate surface area is 120 Å². The van der Waals surface area contributed by atoms with Crippen LogP contribution in [-0.2, 0) is 6.18 Å². The standard InChI is InChI=1S/C14H15F4N3/c15-12-8-10(7-11(9-12)14(16,17)18)13(1-2-19)21-5-3-20-4-6-21/h7-9,13,20H,1,3-6H2/t13-/m0/s1. The van der Waals surface area contributed by atoms with E-state index < -0.39 is 23.6 Å². The molecule has 1 aliphatic rings. The topological polar surface area (TPSA) is 39.1 Å². The second-order valence-electron chi connectivity index (χ2n) is 4.94. The second kappa shape index (κ2) is 6.41. The van der Waals surface area contributed by atoms with Crippen LogP contribution in [0.25, 0.3) is 0 Å². The minimum Gasteiger partial charge on any atom is -0.314 e. The Morgan fingerprint density at radius 3 is 2.48 bits per heavy atom. The Morgan fingerprint density at radius 1 is 1.24 bits per heavy atom. The van der Waals surface area contributed by atoms with Gasteiger partial charge in [-0.15, -0.1) is 0 Å². The molecule has 1 aromatic rings. The van der Waals surface area contributed by atoms with Gasteiger partial charge < -0.3 is 5.32 Å². The van der Waals surface area contributed by atoms with Crippen LogP contribution in [-0.4, -0.2) is 31.1 Å². The van der Waals surface area contributed by atoms with E-state index in [0.29, 0.717) is 32.2 Å². The maximum absolute atomic E-state index is 13.5. The highest BCUT2D eigenvalue weighted by molar-refractivity contribution is 5.29. The summed E-state index contributed by atoms with van der Waals surface area (Å²) in [5.41, 5.74) is -0.818. The molecule has 0 aromatic heterocycles. The zero-order valence-electron chi connectivity index (χ0n) is 11.3. The molecule has 7 heteroatoms. The van der Waals surface area contributed by atoms with E-state index >= 15 is 0 Å². The summed E-state index contributed by atoms with van der Waals surface area (Å²) in [5, 5.41) is 12.1. The Morgan fingerprint density at radius 2 is 1.90 bits per heavy atom. The first kappa shape index (κ1) is 15.7. The van der Waals surface area contributed by atoms with Crippen molar-refractivity contribution >= 4 is 0 Å². The van der Waals surface area contributed by atoms with Gasteiger partial charge in [0.1, 0.15) is 5.82 Å². The zero-order chi connectivity index (χ0) is 15.5. The van der Waals surface area contributed by atoms with Crippen molar-refractivity contribution < 1.29 is 17.6 Å². The highest BCUT2D eigenvalue weighted by atomic mass is 19.4. The second-order valence-corrected chi connectivity index (χ2v) is 4.94. The smallest absolute Gasteiger partial charge is 0.314 e. The first-order valence-corrected chi connectivity index (χ1v) is 6.61. The number of nitrogens with one attached hydrogen (secondary N) is 1. The maximum atomic E-state index is 13.5. The molecule has 1 fully saturated rings. The Hall–Kier alpha value is -1.65. The summed E-state index contributed by atoms with van der Waals surface area (Å²) in [6.07, 6.45) is -4.57. The number of hydrogen-bond donors (Lipinski definition) is 1. The van der Waals surface area contributed by atoms with Crippen LogP contribution in [0.15, 0.2) is 18.2 Å². The molecule has 1 aliphatic heterocycles. The molecule has 1 aromatic carbocycles. The van der Waals surface area contributed by atoms with Gasteiger partial charge in [0, 0.05) is 32.2 Å². The van der Waals surface area contributed by atoms with Crippen molar-refractivity contribution in [2.45, 2.75) is 18.6 Å². The lowest BCUT2D eigenvalue weighted by Gasteiger charge is -2.34. The number of rotatable bonds is 3. The molecule has 0 radical (unpaired) electrons. The maximum Gasteiger partial charge on any atom is 0.416 e. The third-order valence-electron chi connectivity index (χ3n) is 3.51. The number of hydrogen-bond acceptors (Lipinski definition) is 3. The molecule has 0 amide bonds. The first-order chi connectivity index (χ1) is 9.91. The van der Waals surface area contributed by atoms with E-state index in [1.165, 1.54) is 0 Å². The van der Waals surface area contributed by atoms with Crippen LogP contribution in [0.5, 0.6) is 0 Å². The monoisotopic (exact) mass is 301 g/mol. The molecule has 0 bridgehead atoms. The summed E-state index contributed by atoms with van der Waals surface area (Å²) in [5.74, 6) is -0.933. The lowest BCUT2D eigenvalue weighted by atomic mass is 9.99. The lowest BCUT2D eigenvalue weighted by Crippen LogP contribution is -2.45. The predicted octanol–water partition coefficient (Wildman–Crippen LogP) is 2.70. The van der Waals surface area contributed by atoms with Crippen LogP contribution in [0.2, 0.25) is 0 Å². The normalized spacial score (nSPS) is 18.2. The van der Waals surface area contributed by atoms with Gasteiger partial charge in [-0.3, -0.25) is 4.90 Å². The van der Waals surface area contributed by atoms with Crippen molar-refractivity contribution in [2.24, 2.45) is 0 Å². The molecule has 1 heterocycles. The van der Waals surface area contributed by atoms with Gasteiger partial charge in [0.25, 0.3) is 0 Å². The molecule has 0 spiro atoms. The van der Waals surface area contributed by atoms with Gasteiger partial charge in [0.2, 0.25) is 0 Å². The number of benzene rings is 1. The van der Waals surface area contributed by atoms with Crippen molar-refractivity contribution in [3.63, 3.8) is 0 Å². The van der Waals surface area contributed by atoms with Crippen LogP contribution in [0.4, 0.5) is 17.6 Å². The van der Waals surface area contributed by atoms with E-state index in [2.05, 4.69) is 5.32 Å². The molecule has 1 N–H and O–H groups in total. The van der Waals surface area contributed by atoms with Crippen LogP contribution >= 0.6 is 0 Å². The van der Waals surface area contributed by atoms with Crippen molar-refractivity contribution in [2.75, 3.05) is 26.2 Å². The summed E-state index contributed by atoms with van der Waals surface area (Å²) in [7, 11) is 0. The summed E-state index contributed by atoms with van der Waals surface area (Å²) < 4.78 is 51.9. The summed E-state index contributed by atoms with van der Waals surface area (Å²) in [6, 6.07) is 3.95. The average molecular weight is 301 g/mol. The van der Waals surface area contributed by atoms with Gasteiger partial charge in [-0.25, -0.2) is 4.39 Å². The summed E-state index contributed by atoms with van der Waals surface area (Å²) >= 11 is 0. The summed E-state index contributed by atoms with van der Waals surface area (Å²) in [6.45, 7) is 2.63. The zero-order valence-corrected chi connectivity index (χ0v) is 11.3. The fourth-order valence-corrected chi connectivity index (χ4v) is 2.51. The van der Waals surface area contributed by atoms with Gasteiger partial charge >= 0.3 is 6.18 Å². The van der Waals surface area contributed by atoms with Gasteiger partial charge in [-0.2, -0.15) is 18.4 Å². The van der Waals surface area contributed by atoms with E-state index in [1.54, 1.807) is 0 Å². The van der Waals surface area contributed by atoms with Gasteiger partial charge in [-0.1, -0.05) is 0 Å². The van der Waals surface area contributed by atoms with Gasteiger partial charge in [0.15, 0.2) is 0 Å². The largest absolute Gasteiger partial charge is 0.416 e. The van der Waals surface area contributed by atoms with E-state index in [1.807, 2.05) is 11.0 Å².